The summed E-state index contributed by atoms with van der Waals surface area (Å²) in [6.07, 6.45) is 4.28. The van der Waals surface area contributed by atoms with Crippen molar-refractivity contribution in [2.75, 3.05) is 5.32 Å². The van der Waals surface area contributed by atoms with Crippen molar-refractivity contribution in [1.29, 1.82) is 5.26 Å². The van der Waals surface area contributed by atoms with E-state index in [0.717, 1.165) is 36.9 Å². The monoisotopic (exact) mass is 275 g/mol. The Morgan fingerprint density at radius 1 is 1.30 bits per heavy atom. The van der Waals surface area contributed by atoms with Crippen molar-refractivity contribution in [3.8, 4) is 6.07 Å². The molecule has 0 aliphatic carbocycles. The van der Waals surface area contributed by atoms with Crippen molar-refractivity contribution in [2.45, 2.75) is 66.3 Å². The zero-order valence-corrected chi connectivity index (χ0v) is 13.2. The van der Waals surface area contributed by atoms with Crippen molar-refractivity contribution < 1.29 is 4.79 Å². The summed E-state index contributed by atoms with van der Waals surface area (Å²) < 4.78 is 2.16. The van der Waals surface area contributed by atoms with E-state index in [-0.39, 0.29) is 5.91 Å². The van der Waals surface area contributed by atoms with Crippen LogP contribution in [0.25, 0.3) is 0 Å². The Hall–Kier alpha value is -1.76. The van der Waals surface area contributed by atoms with Crippen molar-refractivity contribution in [1.82, 2.24) is 4.57 Å². The van der Waals surface area contributed by atoms with E-state index in [9.17, 15) is 10.1 Å². The number of carbonyl (C=O) groups is 1. The SMILES string of the molecule is CCCC(CCC)n1c(C)c(C)c(C#N)c1NC(C)=O. The Kier molecular flexibility index (Phi) is 5.82. The summed E-state index contributed by atoms with van der Waals surface area (Å²) in [6, 6.07) is 2.57. The van der Waals surface area contributed by atoms with Gasteiger partial charge >= 0.3 is 0 Å². The van der Waals surface area contributed by atoms with Gasteiger partial charge in [0.25, 0.3) is 0 Å². The lowest BCUT2D eigenvalue weighted by molar-refractivity contribution is -0.114. The Labute approximate surface area is 121 Å². The van der Waals surface area contributed by atoms with Crippen molar-refractivity contribution in [2.24, 2.45) is 0 Å². The first-order valence-electron chi connectivity index (χ1n) is 7.36. The lowest BCUT2D eigenvalue weighted by atomic mass is 10.1. The van der Waals surface area contributed by atoms with Crippen LogP contribution in [0.3, 0.4) is 0 Å². The molecule has 0 atom stereocenters. The Bertz CT molecular complexity index is 517. The largest absolute Gasteiger partial charge is 0.327 e. The number of anilines is 1. The molecular weight excluding hydrogens is 250 g/mol. The highest BCUT2D eigenvalue weighted by molar-refractivity contribution is 5.90. The summed E-state index contributed by atoms with van der Waals surface area (Å²) in [7, 11) is 0. The number of hydrogen-bond donors (Lipinski definition) is 1. The zero-order valence-electron chi connectivity index (χ0n) is 13.2. The predicted molar refractivity (Wildman–Crippen MR) is 81.8 cm³/mol. The molecule has 0 aliphatic rings. The normalized spacial score (nSPS) is 10.7. The van der Waals surface area contributed by atoms with E-state index in [2.05, 4.69) is 29.8 Å². The average molecular weight is 275 g/mol. The van der Waals surface area contributed by atoms with E-state index in [1.807, 2.05) is 13.8 Å². The van der Waals surface area contributed by atoms with Crippen LogP contribution in [0.2, 0.25) is 0 Å². The predicted octanol–water partition coefficient (Wildman–Crippen LogP) is 4.08. The molecule has 4 nitrogen and oxygen atoms in total. The standard InChI is InChI=1S/C16H25N3O/c1-6-8-14(9-7-2)19-12(4)11(3)15(10-17)16(19)18-13(5)20/h14H,6-9H2,1-5H3,(H,18,20). The number of rotatable bonds is 6. The average Bonchev–Trinajstić information content (AvgIpc) is 2.60. The van der Waals surface area contributed by atoms with Crippen LogP contribution in [0.4, 0.5) is 5.82 Å². The summed E-state index contributed by atoms with van der Waals surface area (Å²) in [5, 5.41) is 12.2. The molecule has 4 heteroatoms. The molecule has 0 aromatic carbocycles. The van der Waals surface area contributed by atoms with Crippen LogP contribution in [-0.4, -0.2) is 10.5 Å². The third-order valence-electron chi connectivity index (χ3n) is 3.77. The van der Waals surface area contributed by atoms with Crippen molar-refractivity contribution >= 4 is 11.7 Å². The third kappa shape index (κ3) is 3.22. The first-order valence-corrected chi connectivity index (χ1v) is 7.36. The van der Waals surface area contributed by atoms with E-state index in [4.69, 9.17) is 0 Å². The highest BCUT2D eigenvalue weighted by Gasteiger charge is 2.23. The quantitative estimate of drug-likeness (QED) is 0.850. The molecule has 1 heterocycles. The Balaban J connectivity index is 3.41. The molecule has 110 valence electrons. The first-order chi connectivity index (χ1) is 9.47. The fraction of sp³-hybridized carbons (Fsp3) is 0.625. The number of nitrogens with one attached hydrogen (secondary N) is 1. The van der Waals surface area contributed by atoms with Gasteiger partial charge in [0.2, 0.25) is 5.91 Å². The maximum atomic E-state index is 11.5. The molecule has 1 rings (SSSR count). The Morgan fingerprint density at radius 3 is 2.25 bits per heavy atom. The van der Waals surface area contributed by atoms with Gasteiger partial charge in [-0.15, -0.1) is 0 Å². The fourth-order valence-electron chi connectivity index (χ4n) is 2.78. The molecular formula is C16H25N3O. The second kappa shape index (κ2) is 7.14. The molecule has 1 amide bonds. The van der Waals surface area contributed by atoms with Crippen molar-refractivity contribution in [3.05, 3.63) is 16.8 Å². The molecule has 0 fully saturated rings. The molecule has 0 saturated carbocycles. The van der Waals surface area contributed by atoms with Crippen LogP contribution in [0.15, 0.2) is 0 Å². The molecule has 0 bridgehead atoms. The van der Waals surface area contributed by atoms with Crippen LogP contribution in [0.1, 0.15) is 69.3 Å². The van der Waals surface area contributed by atoms with E-state index in [0.29, 0.717) is 17.4 Å². The third-order valence-corrected chi connectivity index (χ3v) is 3.77. The number of aromatic nitrogens is 1. The van der Waals surface area contributed by atoms with E-state index in [1.165, 1.54) is 6.92 Å². The molecule has 0 radical (unpaired) electrons. The van der Waals surface area contributed by atoms with E-state index < -0.39 is 0 Å². The fourth-order valence-corrected chi connectivity index (χ4v) is 2.78. The Morgan fingerprint density at radius 2 is 1.85 bits per heavy atom. The molecule has 1 N–H and O–H groups in total. The van der Waals surface area contributed by atoms with Gasteiger partial charge in [0, 0.05) is 18.7 Å². The number of amides is 1. The summed E-state index contributed by atoms with van der Waals surface area (Å²) in [5.74, 6) is 0.536. The maximum Gasteiger partial charge on any atom is 0.222 e. The number of carbonyl (C=O) groups excluding carboxylic acids is 1. The van der Waals surface area contributed by atoms with Gasteiger partial charge in [0.15, 0.2) is 0 Å². The minimum Gasteiger partial charge on any atom is -0.327 e. The number of hydrogen-bond acceptors (Lipinski definition) is 2. The lowest BCUT2D eigenvalue weighted by Gasteiger charge is -2.23. The van der Waals surface area contributed by atoms with Gasteiger partial charge < -0.3 is 9.88 Å². The van der Waals surface area contributed by atoms with Crippen molar-refractivity contribution in [3.63, 3.8) is 0 Å². The van der Waals surface area contributed by atoms with Crippen LogP contribution in [0, 0.1) is 25.2 Å². The van der Waals surface area contributed by atoms with Crippen LogP contribution >= 0.6 is 0 Å². The first kappa shape index (κ1) is 16.3. The van der Waals surface area contributed by atoms with E-state index >= 15 is 0 Å². The van der Waals surface area contributed by atoms with Gasteiger partial charge in [-0.1, -0.05) is 26.7 Å². The molecule has 0 unspecified atom stereocenters. The molecule has 0 spiro atoms. The summed E-state index contributed by atoms with van der Waals surface area (Å²) >= 11 is 0. The highest BCUT2D eigenvalue weighted by atomic mass is 16.1. The second-order valence-corrected chi connectivity index (χ2v) is 5.33. The van der Waals surface area contributed by atoms with Gasteiger partial charge in [-0.2, -0.15) is 5.26 Å². The lowest BCUT2D eigenvalue weighted by Crippen LogP contribution is -2.17. The molecule has 1 aromatic heterocycles. The zero-order chi connectivity index (χ0) is 15.3. The summed E-state index contributed by atoms with van der Waals surface area (Å²) in [6.45, 7) is 9.79. The molecule has 0 saturated heterocycles. The molecule has 1 aromatic rings. The van der Waals surface area contributed by atoms with Crippen LogP contribution in [0.5, 0.6) is 0 Å². The minimum absolute atomic E-state index is 0.132. The van der Waals surface area contributed by atoms with Crippen LogP contribution in [-0.2, 0) is 4.79 Å². The summed E-state index contributed by atoms with van der Waals surface area (Å²) in [4.78, 5) is 11.5. The summed E-state index contributed by atoms with van der Waals surface area (Å²) in [5.41, 5.74) is 2.64. The topological polar surface area (TPSA) is 57.8 Å². The number of nitriles is 1. The van der Waals surface area contributed by atoms with Gasteiger partial charge in [-0.05, 0) is 32.3 Å². The molecule has 20 heavy (non-hydrogen) atoms. The van der Waals surface area contributed by atoms with Gasteiger partial charge in [-0.25, -0.2) is 0 Å². The highest BCUT2D eigenvalue weighted by Crippen LogP contribution is 2.33. The minimum atomic E-state index is -0.132. The van der Waals surface area contributed by atoms with Gasteiger partial charge in [0.05, 0.1) is 5.56 Å². The maximum absolute atomic E-state index is 11.5. The van der Waals surface area contributed by atoms with Gasteiger partial charge in [-0.3, -0.25) is 4.79 Å². The van der Waals surface area contributed by atoms with E-state index in [1.54, 1.807) is 0 Å². The second-order valence-electron chi connectivity index (χ2n) is 5.33. The number of nitrogens with zero attached hydrogens (tertiary/aromatic N) is 2. The molecule has 0 aliphatic heterocycles. The smallest absolute Gasteiger partial charge is 0.222 e. The van der Waals surface area contributed by atoms with Gasteiger partial charge in [0.1, 0.15) is 11.9 Å². The van der Waals surface area contributed by atoms with Crippen LogP contribution < -0.4 is 5.32 Å².